The van der Waals surface area contributed by atoms with E-state index in [0.29, 0.717) is 17.4 Å². The molecule has 1 unspecified atom stereocenters. The molecule has 1 aromatic carbocycles. The number of primary amides is 1. The number of carbonyl (C=O) groups excluding carboxylic acids is 2. The summed E-state index contributed by atoms with van der Waals surface area (Å²) in [5, 5.41) is 2.80. The molecule has 2 rings (SSSR count). The molecule has 0 saturated heterocycles. The standard InChI is InChI=1S/C17H25N3O3/c18-15(9-12-5-2-1-3-6-12)17(22)20-13-7-4-8-14(10-13)23-11-16(19)21/h4,7-8,10,12,15H,1-3,5-6,9,11,18H2,(H2,19,21)(H,20,22). The van der Waals surface area contributed by atoms with Crippen molar-refractivity contribution in [1.82, 2.24) is 0 Å². The lowest BCUT2D eigenvalue weighted by Gasteiger charge is -2.24. The van der Waals surface area contributed by atoms with Crippen molar-refractivity contribution in [3.8, 4) is 5.75 Å². The van der Waals surface area contributed by atoms with Gasteiger partial charge in [-0.05, 0) is 24.5 Å². The van der Waals surface area contributed by atoms with Crippen molar-refractivity contribution in [2.75, 3.05) is 11.9 Å². The number of amides is 2. The minimum atomic E-state index is -0.547. The van der Waals surface area contributed by atoms with Gasteiger partial charge in [0.05, 0.1) is 6.04 Å². The fourth-order valence-electron chi connectivity index (χ4n) is 2.94. The number of nitrogens with two attached hydrogens (primary N) is 2. The normalized spacial score (nSPS) is 16.6. The summed E-state index contributed by atoms with van der Waals surface area (Å²) in [7, 11) is 0. The number of ether oxygens (including phenoxy) is 1. The van der Waals surface area contributed by atoms with E-state index in [-0.39, 0.29) is 12.5 Å². The second-order valence-electron chi connectivity index (χ2n) is 6.12. The highest BCUT2D eigenvalue weighted by molar-refractivity contribution is 5.94. The van der Waals surface area contributed by atoms with Crippen LogP contribution in [0.15, 0.2) is 24.3 Å². The molecule has 2 amide bonds. The maximum Gasteiger partial charge on any atom is 0.255 e. The summed E-state index contributed by atoms with van der Waals surface area (Å²) >= 11 is 0. The summed E-state index contributed by atoms with van der Waals surface area (Å²) in [4.78, 5) is 22.9. The fraction of sp³-hybridized carbons (Fsp3) is 0.529. The van der Waals surface area contributed by atoms with Crippen molar-refractivity contribution >= 4 is 17.5 Å². The Kier molecular flexibility index (Phi) is 6.40. The van der Waals surface area contributed by atoms with Crippen molar-refractivity contribution in [3.05, 3.63) is 24.3 Å². The predicted octanol–water partition coefficient (Wildman–Crippen LogP) is 1.79. The summed E-state index contributed by atoms with van der Waals surface area (Å²) < 4.78 is 5.21. The fourth-order valence-corrected chi connectivity index (χ4v) is 2.94. The lowest BCUT2D eigenvalue weighted by molar-refractivity contribution is -0.120. The van der Waals surface area contributed by atoms with Gasteiger partial charge in [0, 0.05) is 11.8 Å². The third-order valence-corrected chi connectivity index (χ3v) is 4.13. The molecule has 1 atom stereocenters. The molecule has 0 heterocycles. The van der Waals surface area contributed by atoms with Crippen molar-refractivity contribution in [1.29, 1.82) is 0 Å². The van der Waals surface area contributed by atoms with Gasteiger partial charge in [-0.15, -0.1) is 0 Å². The summed E-state index contributed by atoms with van der Waals surface area (Å²) in [6.45, 7) is -0.196. The van der Waals surface area contributed by atoms with E-state index < -0.39 is 11.9 Å². The Morgan fingerprint density at radius 3 is 2.70 bits per heavy atom. The van der Waals surface area contributed by atoms with Crippen molar-refractivity contribution in [3.63, 3.8) is 0 Å². The van der Waals surface area contributed by atoms with Crippen LogP contribution in [0.4, 0.5) is 5.69 Å². The Balaban J connectivity index is 1.86. The van der Waals surface area contributed by atoms with Gasteiger partial charge >= 0.3 is 0 Å². The van der Waals surface area contributed by atoms with Crippen LogP contribution < -0.4 is 21.5 Å². The number of anilines is 1. The number of rotatable bonds is 7. The summed E-state index contributed by atoms with van der Waals surface area (Å²) in [6.07, 6.45) is 6.81. The van der Waals surface area contributed by atoms with Gasteiger partial charge in [0.25, 0.3) is 5.91 Å². The molecule has 0 radical (unpaired) electrons. The molecule has 1 aliphatic carbocycles. The highest BCUT2D eigenvalue weighted by Gasteiger charge is 2.21. The van der Waals surface area contributed by atoms with Gasteiger partial charge in [-0.25, -0.2) is 0 Å². The molecule has 0 bridgehead atoms. The number of hydrogen-bond donors (Lipinski definition) is 3. The molecule has 0 aliphatic heterocycles. The molecule has 0 spiro atoms. The minimum absolute atomic E-state index is 0.192. The molecule has 1 saturated carbocycles. The predicted molar refractivity (Wildman–Crippen MR) is 88.9 cm³/mol. The maximum atomic E-state index is 12.2. The van der Waals surface area contributed by atoms with E-state index in [1.54, 1.807) is 24.3 Å². The second kappa shape index (κ2) is 8.53. The average Bonchev–Trinajstić information content (AvgIpc) is 2.54. The van der Waals surface area contributed by atoms with Crippen molar-refractivity contribution < 1.29 is 14.3 Å². The van der Waals surface area contributed by atoms with Gasteiger partial charge in [0.2, 0.25) is 5.91 Å². The van der Waals surface area contributed by atoms with Crippen LogP contribution in [0.2, 0.25) is 0 Å². The molecule has 126 valence electrons. The second-order valence-corrected chi connectivity index (χ2v) is 6.12. The molecule has 1 aromatic rings. The zero-order valence-electron chi connectivity index (χ0n) is 13.3. The van der Waals surface area contributed by atoms with E-state index in [4.69, 9.17) is 16.2 Å². The van der Waals surface area contributed by atoms with Gasteiger partial charge in [0.1, 0.15) is 5.75 Å². The SMILES string of the molecule is NC(=O)COc1cccc(NC(=O)C(N)CC2CCCCC2)c1. The van der Waals surface area contributed by atoms with Gasteiger partial charge in [-0.1, -0.05) is 38.2 Å². The largest absolute Gasteiger partial charge is 0.484 e. The highest BCUT2D eigenvalue weighted by atomic mass is 16.5. The number of carbonyl (C=O) groups is 2. The molecule has 1 aliphatic rings. The van der Waals surface area contributed by atoms with E-state index in [1.807, 2.05) is 0 Å². The van der Waals surface area contributed by atoms with E-state index >= 15 is 0 Å². The van der Waals surface area contributed by atoms with E-state index in [1.165, 1.54) is 19.3 Å². The van der Waals surface area contributed by atoms with Crippen LogP contribution in [0.5, 0.6) is 5.75 Å². The Morgan fingerprint density at radius 1 is 1.26 bits per heavy atom. The minimum Gasteiger partial charge on any atom is -0.484 e. The van der Waals surface area contributed by atoms with Gasteiger partial charge in [0.15, 0.2) is 6.61 Å². The zero-order chi connectivity index (χ0) is 16.7. The molecule has 23 heavy (non-hydrogen) atoms. The topological polar surface area (TPSA) is 107 Å². The summed E-state index contributed by atoms with van der Waals surface area (Å²) in [6, 6.07) is 6.32. The zero-order valence-corrected chi connectivity index (χ0v) is 13.3. The van der Waals surface area contributed by atoms with E-state index in [9.17, 15) is 9.59 Å². The first-order valence-electron chi connectivity index (χ1n) is 8.12. The quantitative estimate of drug-likeness (QED) is 0.712. The molecule has 1 fully saturated rings. The summed E-state index contributed by atoms with van der Waals surface area (Å²) in [5.74, 6) is 0.286. The molecule has 6 nitrogen and oxygen atoms in total. The molecular weight excluding hydrogens is 294 g/mol. The maximum absolute atomic E-state index is 12.2. The van der Waals surface area contributed by atoms with Crippen LogP contribution in [0, 0.1) is 5.92 Å². The molecule has 5 N–H and O–H groups in total. The third-order valence-electron chi connectivity index (χ3n) is 4.13. The first-order chi connectivity index (χ1) is 11.0. The van der Waals surface area contributed by atoms with Crippen LogP contribution in [0.25, 0.3) is 0 Å². The van der Waals surface area contributed by atoms with Gasteiger partial charge in [-0.2, -0.15) is 0 Å². The van der Waals surface area contributed by atoms with Gasteiger partial charge in [-0.3, -0.25) is 9.59 Å². The lowest BCUT2D eigenvalue weighted by atomic mass is 9.85. The van der Waals surface area contributed by atoms with E-state index in [2.05, 4.69) is 5.32 Å². The Bertz CT molecular complexity index is 542. The molecule has 6 heteroatoms. The Hall–Kier alpha value is -2.08. The highest BCUT2D eigenvalue weighted by Crippen LogP contribution is 2.27. The van der Waals surface area contributed by atoms with Crippen LogP contribution in [0.3, 0.4) is 0 Å². The number of hydrogen-bond acceptors (Lipinski definition) is 4. The number of nitrogens with one attached hydrogen (secondary N) is 1. The van der Waals surface area contributed by atoms with Crippen LogP contribution in [0.1, 0.15) is 38.5 Å². The van der Waals surface area contributed by atoms with Crippen LogP contribution in [-0.2, 0) is 9.59 Å². The monoisotopic (exact) mass is 319 g/mol. The van der Waals surface area contributed by atoms with Crippen molar-refractivity contribution in [2.24, 2.45) is 17.4 Å². The molecule has 0 aromatic heterocycles. The lowest BCUT2D eigenvalue weighted by Crippen LogP contribution is -2.37. The van der Waals surface area contributed by atoms with E-state index in [0.717, 1.165) is 19.3 Å². The van der Waals surface area contributed by atoms with Crippen LogP contribution in [-0.4, -0.2) is 24.5 Å². The van der Waals surface area contributed by atoms with Crippen LogP contribution >= 0.6 is 0 Å². The summed E-state index contributed by atoms with van der Waals surface area (Å²) in [5.41, 5.74) is 11.7. The smallest absolute Gasteiger partial charge is 0.255 e. The number of benzene rings is 1. The third kappa shape index (κ3) is 5.90. The Labute approximate surface area is 136 Å². The Morgan fingerprint density at radius 2 is 2.00 bits per heavy atom. The molecular formula is C17H25N3O3. The first kappa shape index (κ1) is 17.3. The van der Waals surface area contributed by atoms with Crippen molar-refractivity contribution in [2.45, 2.75) is 44.6 Å². The first-order valence-corrected chi connectivity index (χ1v) is 8.12. The average molecular weight is 319 g/mol. The van der Waals surface area contributed by atoms with Gasteiger partial charge < -0.3 is 21.5 Å².